The van der Waals surface area contributed by atoms with E-state index in [-0.39, 0.29) is 5.11 Å². The fourth-order valence-corrected chi connectivity index (χ4v) is 0.639. The normalized spacial score (nSPS) is 8.73. The number of thiocarbonyl (C=S) groups is 1. The lowest BCUT2D eigenvalue weighted by atomic mass is 10.3. The molecule has 0 aliphatic heterocycles. The summed E-state index contributed by atoms with van der Waals surface area (Å²) in [6, 6.07) is 9.21. The highest BCUT2D eigenvalue weighted by molar-refractivity contribution is 7.80. The molecule has 58 valence electrons. The molecular weight excluding hydrogens is 160 g/mol. The Morgan fingerprint density at radius 1 is 1.36 bits per heavy atom. The number of nitrogens with one attached hydrogen (secondary N) is 1. The first kappa shape index (κ1) is 7.81. The van der Waals surface area contributed by atoms with Crippen LogP contribution in [0.3, 0.4) is 0 Å². The predicted molar refractivity (Wildman–Crippen MR) is 47.0 cm³/mol. The number of benzene rings is 1. The van der Waals surface area contributed by atoms with E-state index >= 15 is 0 Å². The molecule has 0 unspecified atom stereocenters. The fraction of sp³-hybridized carbons (Fsp3) is 0. The first-order valence-corrected chi connectivity index (χ1v) is 3.47. The zero-order chi connectivity index (χ0) is 8.10. The molecular formula is C7H8N2OS. The van der Waals surface area contributed by atoms with Crippen molar-refractivity contribution >= 4 is 17.3 Å². The second-order valence-electron chi connectivity index (χ2n) is 1.88. The molecule has 0 aliphatic carbocycles. The third kappa shape index (κ3) is 2.86. The van der Waals surface area contributed by atoms with Crippen LogP contribution in [0.1, 0.15) is 0 Å². The first-order valence-electron chi connectivity index (χ1n) is 3.06. The summed E-state index contributed by atoms with van der Waals surface area (Å²) in [6.07, 6.45) is 0. The van der Waals surface area contributed by atoms with Gasteiger partial charge in [-0.15, -0.1) is 0 Å². The van der Waals surface area contributed by atoms with Gasteiger partial charge in [-0.1, -0.05) is 18.2 Å². The van der Waals surface area contributed by atoms with Crippen LogP contribution in [-0.4, -0.2) is 5.11 Å². The van der Waals surface area contributed by atoms with E-state index in [1.807, 2.05) is 18.2 Å². The van der Waals surface area contributed by atoms with Crippen molar-refractivity contribution < 1.29 is 4.84 Å². The predicted octanol–water partition coefficient (Wildman–Crippen LogP) is 0.814. The Morgan fingerprint density at radius 3 is 2.55 bits per heavy atom. The van der Waals surface area contributed by atoms with Crippen LogP contribution in [0, 0.1) is 0 Å². The molecule has 4 heteroatoms. The molecule has 1 rings (SSSR count). The van der Waals surface area contributed by atoms with Crippen molar-refractivity contribution in [1.29, 1.82) is 0 Å². The van der Waals surface area contributed by atoms with Gasteiger partial charge in [0.15, 0.2) is 10.9 Å². The first-order chi connectivity index (χ1) is 5.29. The van der Waals surface area contributed by atoms with Crippen molar-refractivity contribution in [2.45, 2.75) is 0 Å². The van der Waals surface area contributed by atoms with Crippen molar-refractivity contribution in [3.05, 3.63) is 30.3 Å². The van der Waals surface area contributed by atoms with E-state index in [1.165, 1.54) is 0 Å². The van der Waals surface area contributed by atoms with E-state index in [0.29, 0.717) is 5.75 Å². The van der Waals surface area contributed by atoms with Gasteiger partial charge >= 0.3 is 0 Å². The Balaban J connectivity index is 2.45. The average Bonchev–Trinajstić information content (AvgIpc) is 2.03. The van der Waals surface area contributed by atoms with Gasteiger partial charge in [0.05, 0.1) is 0 Å². The molecule has 0 saturated heterocycles. The molecule has 3 nitrogen and oxygen atoms in total. The smallest absolute Gasteiger partial charge is 0.197 e. The van der Waals surface area contributed by atoms with E-state index in [0.717, 1.165) is 0 Å². The van der Waals surface area contributed by atoms with Gasteiger partial charge in [-0.3, -0.25) is 0 Å². The minimum atomic E-state index is 0.119. The molecule has 1 aromatic rings. The SMILES string of the molecule is NC(=S)NOc1ccccc1. The minimum absolute atomic E-state index is 0.119. The zero-order valence-corrected chi connectivity index (χ0v) is 6.60. The van der Waals surface area contributed by atoms with Gasteiger partial charge in [-0.05, 0) is 24.4 Å². The topological polar surface area (TPSA) is 47.3 Å². The molecule has 0 aliphatic rings. The number of para-hydroxylation sites is 1. The van der Waals surface area contributed by atoms with Crippen molar-refractivity contribution in [2.75, 3.05) is 0 Å². The van der Waals surface area contributed by atoms with E-state index < -0.39 is 0 Å². The molecule has 0 atom stereocenters. The Bertz CT molecular complexity index is 237. The highest BCUT2D eigenvalue weighted by atomic mass is 32.1. The molecule has 0 bridgehead atoms. The van der Waals surface area contributed by atoms with Crippen molar-refractivity contribution in [1.82, 2.24) is 5.48 Å². The molecule has 3 N–H and O–H groups in total. The van der Waals surface area contributed by atoms with Crippen molar-refractivity contribution in [3.8, 4) is 5.75 Å². The second kappa shape index (κ2) is 3.78. The molecule has 0 spiro atoms. The van der Waals surface area contributed by atoms with E-state index in [9.17, 15) is 0 Å². The molecule has 11 heavy (non-hydrogen) atoms. The van der Waals surface area contributed by atoms with Gasteiger partial charge < -0.3 is 10.6 Å². The summed E-state index contributed by atoms with van der Waals surface area (Å²) in [5.74, 6) is 0.681. The number of hydrogen-bond donors (Lipinski definition) is 2. The summed E-state index contributed by atoms with van der Waals surface area (Å²) in [7, 11) is 0. The van der Waals surface area contributed by atoms with Crippen LogP contribution in [0.4, 0.5) is 0 Å². The summed E-state index contributed by atoms with van der Waals surface area (Å²) in [6.45, 7) is 0. The minimum Gasteiger partial charge on any atom is -0.380 e. The molecule has 0 saturated carbocycles. The van der Waals surface area contributed by atoms with Crippen LogP contribution in [0.5, 0.6) is 5.75 Å². The maximum absolute atomic E-state index is 5.14. The van der Waals surface area contributed by atoms with Crippen LogP contribution >= 0.6 is 12.2 Å². The summed E-state index contributed by atoms with van der Waals surface area (Å²) in [5, 5.41) is 0.119. The lowest BCUT2D eigenvalue weighted by molar-refractivity contribution is 0.263. The van der Waals surface area contributed by atoms with E-state index in [2.05, 4.69) is 17.7 Å². The maximum Gasteiger partial charge on any atom is 0.197 e. The maximum atomic E-state index is 5.14. The largest absolute Gasteiger partial charge is 0.380 e. The Kier molecular flexibility index (Phi) is 2.68. The van der Waals surface area contributed by atoms with Gasteiger partial charge in [0.2, 0.25) is 0 Å². The van der Waals surface area contributed by atoms with Crippen LogP contribution < -0.4 is 16.1 Å². The summed E-state index contributed by atoms with van der Waals surface area (Å²) >= 11 is 4.54. The van der Waals surface area contributed by atoms with Crippen LogP contribution in [0.15, 0.2) is 30.3 Å². The monoisotopic (exact) mass is 168 g/mol. The van der Waals surface area contributed by atoms with Gasteiger partial charge in [0.1, 0.15) is 0 Å². The molecule has 0 fully saturated rings. The highest BCUT2D eigenvalue weighted by Crippen LogP contribution is 2.05. The molecule has 0 amide bonds. The van der Waals surface area contributed by atoms with E-state index in [4.69, 9.17) is 10.6 Å². The van der Waals surface area contributed by atoms with Gasteiger partial charge in [0.25, 0.3) is 0 Å². The number of rotatable bonds is 2. The fourth-order valence-electron chi connectivity index (χ4n) is 0.598. The molecule has 0 radical (unpaired) electrons. The number of hydroxylamine groups is 1. The summed E-state index contributed by atoms with van der Waals surface area (Å²) < 4.78 is 0. The lowest BCUT2D eigenvalue weighted by Crippen LogP contribution is -2.31. The van der Waals surface area contributed by atoms with Crippen molar-refractivity contribution in [2.24, 2.45) is 5.73 Å². The van der Waals surface area contributed by atoms with Crippen LogP contribution in [0.25, 0.3) is 0 Å². The van der Waals surface area contributed by atoms with E-state index in [1.54, 1.807) is 12.1 Å². The Labute approximate surface area is 70.1 Å². The number of hydrogen-bond acceptors (Lipinski definition) is 2. The lowest BCUT2D eigenvalue weighted by Gasteiger charge is -2.04. The second-order valence-corrected chi connectivity index (χ2v) is 2.32. The van der Waals surface area contributed by atoms with Crippen LogP contribution in [-0.2, 0) is 0 Å². The standard InChI is InChI=1S/C7H8N2OS/c8-7(11)9-10-6-4-2-1-3-5-6/h1-5H,(H3,8,9,11). The highest BCUT2D eigenvalue weighted by Gasteiger charge is 1.89. The molecule has 1 aromatic carbocycles. The molecule has 0 heterocycles. The van der Waals surface area contributed by atoms with Gasteiger partial charge in [0, 0.05) is 0 Å². The Hall–Kier alpha value is -1.29. The third-order valence-electron chi connectivity index (χ3n) is 1.01. The number of nitrogens with two attached hydrogens (primary N) is 1. The zero-order valence-electron chi connectivity index (χ0n) is 5.78. The summed E-state index contributed by atoms with van der Waals surface area (Å²) in [5.41, 5.74) is 7.51. The van der Waals surface area contributed by atoms with Crippen molar-refractivity contribution in [3.63, 3.8) is 0 Å². The Morgan fingerprint density at radius 2 is 2.00 bits per heavy atom. The summed E-state index contributed by atoms with van der Waals surface area (Å²) in [4.78, 5) is 4.95. The van der Waals surface area contributed by atoms with Gasteiger partial charge in [-0.25, -0.2) is 0 Å². The third-order valence-corrected chi connectivity index (χ3v) is 1.10. The van der Waals surface area contributed by atoms with Crippen LogP contribution in [0.2, 0.25) is 0 Å². The molecule has 0 aromatic heterocycles. The quantitative estimate of drug-likeness (QED) is 0.507. The van der Waals surface area contributed by atoms with Gasteiger partial charge in [-0.2, -0.15) is 5.48 Å². The average molecular weight is 168 g/mol.